The Labute approximate surface area is 110 Å². The van der Waals surface area contributed by atoms with Gasteiger partial charge in [-0.25, -0.2) is 0 Å². The summed E-state index contributed by atoms with van der Waals surface area (Å²) in [6.07, 6.45) is 2.91. The third-order valence-corrected chi connectivity index (χ3v) is 3.73. The minimum absolute atomic E-state index is 0.162. The van der Waals surface area contributed by atoms with E-state index in [0.717, 1.165) is 24.9 Å². The predicted molar refractivity (Wildman–Crippen MR) is 75.8 cm³/mol. The summed E-state index contributed by atoms with van der Waals surface area (Å²) >= 11 is 0. The minimum atomic E-state index is -0.162. The molecule has 2 heteroatoms. The maximum atomic E-state index is 12.7. The van der Waals surface area contributed by atoms with Crippen LogP contribution in [0.3, 0.4) is 0 Å². The molecule has 1 aromatic rings. The highest BCUT2D eigenvalue weighted by molar-refractivity contribution is 5.97. The molecule has 0 saturated carbocycles. The van der Waals surface area contributed by atoms with E-state index in [2.05, 4.69) is 45.9 Å². The Kier molecular flexibility index (Phi) is 3.47. The van der Waals surface area contributed by atoms with Gasteiger partial charge in [-0.05, 0) is 51.7 Å². The maximum absolute atomic E-state index is 12.7. The zero-order valence-corrected chi connectivity index (χ0v) is 11.9. The van der Waals surface area contributed by atoms with Crippen LogP contribution in [-0.4, -0.2) is 11.4 Å². The summed E-state index contributed by atoms with van der Waals surface area (Å²) < 4.78 is 0. The van der Waals surface area contributed by atoms with Gasteiger partial charge in [0.15, 0.2) is 0 Å². The van der Waals surface area contributed by atoms with E-state index in [-0.39, 0.29) is 17.4 Å². The molecular weight excluding hydrogens is 222 g/mol. The fourth-order valence-electron chi connectivity index (χ4n) is 2.77. The number of rotatable bonds is 1. The molecule has 1 heterocycles. The lowest BCUT2D eigenvalue weighted by Crippen LogP contribution is -2.48. The lowest BCUT2D eigenvalue weighted by molar-refractivity contribution is -0.123. The fourth-order valence-corrected chi connectivity index (χ4v) is 2.77. The molecule has 0 aliphatic carbocycles. The summed E-state index contributed by atoms with van der Waals surface area (Å²) in [5, 5.41) is 0. The van der Waals surface area contributed by atoms with E-state index in [1.165, 1.54) is 5.56 Å². The number of nitrogens with zero attached hydrogens (tertiary/aromatic N) is 1. The van der Waals surface area contributed by atoms with Crippen LogP contribution in [0.1, 0.15) is 46.1 Å². The van der Waals surface area contributed by atoms with Crippen molar-refractivity contribution in [3.8, 4) is 0 Å². The van der Waals surface area contributed by atoms with Crippen molar-refractivity contribution in [2.24, 2.45) is 5.92 Å². The van der Waals surface area contributed by atoms with Crippen LogP contribution in [0.5, 0.6) is 0 Å². The number of benzene rings is 1. The van der Waals surface area contributed by atoms with E-state index < -0.39 is 0 Å². The molecule has 0 bridgehead atoms. The molecule has 0 aromatic heterocycles. The topological polar surface area (TPSA) is 20.3 Å². The first-order valence-electron chi connectivity index (χ1n) is 6.87. The van der Waals surface area contributed by atoms with E-state index in [4.69, 9.17) is 0 Å². The van der Waals surface area contributed by atoms with Gasteiger partial charge in [0.05, 0.1) is 0 Å². The predicted octanol–water partition coefficient (Wildman–Crippen LogP) is 3.79. The van der Waals surface area contributed by atoms with E-state index in [0.29, 0.717) is 0 Å². The van der Waals surface area contributed by atoms with Crippen molar-refractivity contribution in [3.05, 3.63) is 29.8 Å². The second-order valence-electron chi connectivity index (χ2n) is 6.12. The first-order chi connectivity index (χ1) is 8.45. The van der Waals surface area contributed by atoms with Crippen LogP contribution in [0.2, 0.25) is 0 Å². The minimum Gasteiger partial charge on any atom is -0.307 e. The molecule has 98 valence electrons. The van der Waals surface area contributed by atoms with Crippen molar-refractivity contribution in [2.45, 2.75) is 52.5 Å². The van der Waals surface area contributed by atoms with Gasteiger partial charge in [-0.1, -0.05) is 25.1 Å². The van der Waals surface area contributed by atoms with E-state index in [1.54, 1.807) is 0 Å². The van der Waals surface area contributed by atoms with Gasteiger partial charge in [0.1, 0.15) is 0 Å². The Morgan fingerprint density at radius 3 is 2.56 bits per heavy atom. The molecular formula is C16H23NO. The number of hydrogen-bond acceptors (Lipinski definition) is 1. The quantitative estimate of drug-likeness (QED) is 0.737. The highest BCUT2D eigenvalue weighted by Crippen LogP contribution is 2.34. The molecule has 1 atom stereocenters. The Balaban J connectivity index is 2.52. The SMILES string of the molecule is CCC1CCc2ccccc2N(C(C)(C)C)C1=O. The highest BCUT2D eigenvalue weighted by atomic mass is 16.2. The van der Waals surface area contributed by atoms with Crippen molar-refractivity contribution in [3.63, 3.8) is 0 Å². The molecule has 0 N–H and O–H groups in total. The molecule has 1 aromatic carbocycles. The summed E-state index contributed by atoms with van der Waals surface area (Å²) in [4.78, 5) is 14.7. The molecule has 0 fully saturated rings. The molecule has 1 unspecified atom stereocenters. The molecule has 0 radical (unpaired) electrons. The third kappa shape index (κ3) is 2.29. The number of carbonyl (C=O) groups is 1. The van der Waals surface area contributed by atoms with Crippen molar-refractivity contribution in [2.75, 3.05) is 4.90 Å². The molecule has 1 amide bonds. The average Bonchev–Trinajstić information content (AvgIpc) is 2.44. The van der Waals surface area contributed by atoms with Crippen molar-refractivity contribution in [1.29, 1.82) is 0 Å². The molecule has 2 nitrogen and oxygen atoms in total. The summed E-state index contributed by atoms with van der Waals surface area (Å²) in [7, 11) is 0. The van der Waals surface area contributed by atoms with Gasteiger partial charge >= 0.3 is 0 Å². The van der Waals surface area contributed by atoms with Crippen LogP contribution >= 0.6 is 0 Å². The summed E-state index contributed by atoms with van der Waals surface area (Å²) in [5.74, 6) is 0.451. The highest BCUT2D eigenvalue weighted by Gasteiger charge is 2.35. The number of para-hydroxylation sites is 1. The molecule has 1 aliphatic rings. The van der Waals surface area contributed by atoms with Crippen LogP contribution in [0.25, 0.3) is 0 Å². The van der Waals surface area contributed by atoms with Gasteiger partial charge in [0.2, 0.25) is 5.91 Å². The van der Waals surface area contributed by atoms with E-state index in [9.17, 15) is 4.79 Å². The number of carbonyl (C=O) groups excluding carboxylic acids is 1. The van der Waals surface area contributed by atoms with Crippen molar-refractivity contribution >= 4 is 11.6 Å². The normalized spacial score (nSPS) is 20.6. The van der Waals surface area contributed by atoms with Gasteiger partial charge in [0, 0.05) is 17.1 Å². The largest absolute Gasteiger partial charge is 0.307 e. The first-order valence-corrected chi connectivity index (χ1v) is 6.87. The number of fused-ring (bicyclic) bond motifs is 1. The van der Waals surface area contributed by atoms with Crippen molar-refractivity contribution < 1.29 is 4.79 Å². The van der Waals surface area contributed by atoms with Gasteiger partial charge in [-0.2, -0.15) is 0 Å². The molecule has 0 saturated heterocycles. The Morgan fingerprint density at radius 2 is 1.94 bits per heavy atom. The summed E-state index contributed by atoms with van der Waals surface area (Å²) in [6.45, 7) is 8.44. The van der Waals surface area contributed by atoms with Crippen LogP contribution in [-0.2, 0) is 11.2 Å². The Hall–Kier alpha value is -1.31. The Bertz CT molecular complexity index is 445. The lowest BCUT2D eigenvalue weighted by Gasteiger charge is -2.37. The van der Waals surface area contributed by atoms with Gasteiger partial charge in [0.25, 0.3) is 0 Å². The van der Waals surface area contributed by atoms with Crippen LogP contribution in [0.4, 0.5) is 5.69 Å². The lowest BCUT2D eigenvalue weighted by atomic mass is 9.97. The first kappa shape index (κ1) is 13.1. The molecule has 18 heavy (non-hydrogen) atoms. The zero-order valence-electron chi connectivity index (χ0n) is 11.9. The van der Waals surface area contributed by atoms with Crippen LogP contribution in [0.15, 0.2) is 24.3 Å². The van der Waals surface area contributed by atoms with Crippen LogP contribution < -0.4 is 4.90 Å². The summed E-state index contributed by atoms with van der Waals surface area (Å²) in [5.41, 5.74) is 2.24. The number of hydrogen-bond donors (Lipinski definition) is 0. The fraction of sp³-hybridized carbons (Fsp3) is 0.562. The van der Waals surface area contributed by atoms with Gasteiger partial charge < -0.3 is 4.90 Å². The second kappa shape index (κ2) is 4.75. The smallest absolute Gasteiger partial charge is 0.230 e. The maximum Gasteiger partial charge on any atom is 0.230 e. The van der Waals surface area contributed by atoms with Gasteiger partial charge in [-0.15, -0.1) is 0 Å². The van der Waals surface area contributed by atoms with Crippen LogP contribution in [0, 0.1) is 5.92 Å². The van der Waals surface area contributed by atoms with E-state index in [1.807, 2.05) is 11.0 Å². The summed E-state index contributed by atoms with van der Waals surface area (Å²) in [6, 6.07) is 8.32. The van der Waals surface area contributed by atoms with E-state index >= 15 is 0 Å². The number of amides is 1. The van der Waals surface area contributed by atoms with Gasteiger partial charge in [-0.3, -0.25) is 4.79 Å². The molecule has 1 aliphatic heterocycles. The monoisotopic (exact) mass is 245 g/mol. The third-order valence-electron chi connectivity index (χ3n) is 3.73. The standard InChI is InChI=1S/C16H23NO/c1-5-12-10-11-13-8-6-7-9-14(13)17(15(12)18)16(2,3)4/h6-9,12H,5,10-11H2,1-4H3. The number of anilines is 1. The molecule has 0 spiro atoms. The zero-order chi connectivity index (χ0) is 13.3. The molecule has 2 rings (SSSR count). The Morgan fingerprint density at radius 1 is 1.28 bits per heavy atom. The van der Waals surface area contributed by atoms with Crippen molar-refractivity contribution in [1.82, 2.24) is 0 Å². The number of aryl methyl sites for hydroxylation is 1. The second-order valence-corrected chi connectivity index (χ2v) is 6.12. The average molecular weight is 245 g/mol.